The van der Waals surface area contributed by atoms with Crippen molar-refractivity contribution in [2.24, 2.45) is 0 Å². The van der Waals surface area contributed by atoms with Crippen LogP contribution in [0.5, 0.6) is 0 Å². The molecule has 2 rings (SSSR count). The van der Waals surface area contributed by atoms with E-state index in [2.05, 4.69) is 26.1 Å². The van der Waals surface area contributed by atoms with Crippen molar-refractivity contribution in [3.05, 3.63) is 70.1 Å². The highest BCUT2D eigenvalue weighted by Gasteiger charge is 2.15. The Morgan fingerprint density at radius 2 is 1.82 bits per heavy atom. The second kappa shape index (κ2) is 6.60. The standard InChI is InChI=1S/C18H22N2O2/c1-18(2,3)15-9-10-20(17(22)11-15)13-16(21)19-12-14-7-5-4-6-8-14/h4-11H,12-13H2,1-3H3,(H,19,21). The predicted octanol–water partition coefficient (Wildman–Crippen LogP) is 2.46. The zero-order chi connectivity index (χ0) is 16.2. The summed E-state index contributed by atoms with van der Waals surface area (Å²) in [5, 5.41) is 2.82. The fourth-order valence-electron chi connectivity index (χ4n) is 2.11. The van der Waals surface area contributed by atoms with E-state index in [1.165, 1.54) is 4.57 Å². The summed E-state index contributed by atoms with van der Waals surface area (Å²) in [6, 6.07) is 13.2. The number of nitrogens with zero attached hydrogens (tertiary/aromatic N) is 1. The number of carbonyl (C=O) groups is 1. The molecule has 2 aromatic rings. The summed E-state index contributed by atoms with van der Waals surface area (Å²) in [5.74, 6) is -0.172. The molecule has 4 heteroatoms. The van der Waals surface area contributed by atoms with E-state index in [0.717, 1.165) is 11.1 Å². The lowest BCUT2D eigenvalue weighted by Gasteiger charge is -2.19. The fraction of sp³-hybridized carbons (Fsp3) is 0.333. The van der Waals surface area contributed by atoms with Gasteiger partial charge in [0.15, 0.2) is 0 Å². The number of rotatable bonds is 4. The number of nitrogens with one attached hydrogen (secondary N) is 1. The van der Waals surface area contributed by atoms with Gasteiger partial charge in [0.05, 0.1) is 0 Å². The largest absolute Gasteiger partial charge is 0.350 e. The van der Waals surface area contributed by atoms with Gasteiger partial charge in [-0.15, -0.1) is 0 Å². The van der Waals surface area contributed by atoms with Crippen molar-refractivity contribution in [3.8, 4) is 0 Å². The zero-order valence-corrected chi connectivity index (χ0v) is 13.3. The Morgan fingerprint density at radius 3 is 2.41 bits per heavy atom. The average Bonchev–Trinajstić information content (AvgIpc) is 2.47. The minimum atomic E-state index is -0.172. The summed E-state index contributed by atoms with van der Waals surface area (Å²) >= 11 is 0. The third kappa shape index (κ3) is 4.32. The molecule has 0 bridgehead atoms. The smallest absolute Gasteiger partial charge is 0.251 e. The van der Waals surface area contributed by atoms with Crippen molar-refractivity contribution in [3.63, 3.8) is 0 Å². The molecule has 0 aliphatic carbocycles. The Labute approximate surface area is 130 Å². The molecule has 0 unspecified atom stereocenters. The van der Waals surface area contributed by atoms with Gasteiger partial charge in [0.1, 0.15) is 6.54 Å². The summed E-state index contributed by atoms with van der Waals surface area (Å²) in [6.45, 7) is 6.67. The van der Waals surface area contributed by atoms with Gasteiger partial charge in [0.2, 0.25) is 5.91 Å². The molecule has 1 amide bonds. The van der Waals surface area contributed by atoms with Crippen LogP contribution in [0.2, 0.25) is 0 Å². The third-order valence-corrected chi connectivity index (χ3v) is 3.51. The quantitative estimate of drug-likeness (QED) is 0.942. The number of pyridine rings is 1. The van der Waals surface area contributed by atoms with E-state index in [1.54, 1.807) is 12.3 Å². The molecule has 0 aliphatic rings. The molecular formula is C18H22N2O2. The van der Waals surface area contributed by atoms with E-state index >= 15 is 0 Å². The van der Waals surface area contributed by atoms with Crippen LogP contribution in [-0.2, 0) is 23.3 Å². The van der Waals surface area contributed by atoms with Crippen molar-refractivity contribution in [2.75, 3.05) is 0 Å². The van der Waals surface area contributed by atoms with Crippen molar-refractivity contribution in [1.29, 1.82) is 0 Å². The van der Waals surface area contributed by atoms with Gasteiger partial charge in [-0.3, -0.25) is 9.59 Å². The minimum Gasteiger partial charge on any atom is -0.350 e. The maximum Gasteiger partial charge on any atom is 0.251 e. The summed E-state index contributed by atoms with van der Waals surface area (Å²) in [4.78, 5) is 24.0. The van der Waals surface area contributed by atoms with E-state index in [0.29, 0.717) is 6.54 Å². The Bertz CT molecular complexity index is 697. The normalized spacial score (nSPS) is 11.2. The van der Waals surface area contributed by atoms with E-state index in [-0.39, 0.29) is 23.4 Å². The molecule has 4 nitrogen and oxygen atoms in total. The van der Waals surface area contributed by atoms with Crippen molar-refractivity contribution < 1.29 is 4.79 Å². The SMILES string of the molecule is CC(C)(C)c1ccn(CC(=O)NCc2ccccc2)c(=O)c1. The molecule has 1 aromatic carbocycles. The number of amides is 1. The summed E-state index contributed by atoms with van der Waals surface area (Å²) in [7, 11) is 0. The second-order valence-corrected chi connectivity index (χ2v) is 6.39. The maximum absolute atomic E-state index is 12.1. The van der Waals surface area contributed by atoms with Crippen LogP contribution >= 0.6 is 0 Å². The van der Waals surface area contributed by atoms with Crippen LogP contribution in [0.15, 0.2) is 53.5 Å². The Hall–Kier alpha value is -2.36. The molecule has 0 saturated heterocycles. The van der Waals surface area contributed by atoms with Crippen LogP contribution in [0.25, 0.3) is 0 Å². The van der Waals surface area contributed by atoms with E-state index in [9.17, 15) is 9.59 Å². The topological polar surface area (TPSA) is 51.1 Å². The monoisotopic (exact) mass is 298 g/mol. The van der Waals surface area contributed by atoms with Gasteiger partial charge in [0.25, 0.3) is 5.56 Å². The van der Waals surface area contributed by atoms with Crippen molar-refractivity contribution in [1.82, 2.24) is 9.88 Å². The van der Waals surface area contributed by atoms with Crippen LogP contribution in [0.1, 0.15) is 31.9 Å². The van der Waals surface area contributed by atoms with E-state index in [4.69, 9.17) is 0 Å². The lowest BCUT2D eigenvalue weighted by Crippen LogP contribution is -2.32. The van der Waals surface area contributed by atoms with Crippen LogP contribution in [0, 0.1) is 0 Å². The molecule has 22 heavy (non-hydrogen) atoms. The maximum atomic E-state index is 12.1. The molecule has 0 fully saturated rings. The average molecular weight is 298 g/mol. The lowest BCUT2D eigenvalue weighted by atomic mass is 9.88. The number of benzene rings is 1. The number of aromatic nitrogens is 1. The molecule has 0 atom stereocenters. The highest BCUT2D eigenvalue weighted by atomic mass is 16.2. The first-order chi connectivity index (χ1) is 10.4. The highest BCUT2D eigenvalue weighted by Crippen LogP contribution is 2.19. The predicted molar refractivity (Wildman–Crippen MR) is 87.7 cm³/mol. The van der Waals surface area contributed by atoms with E-state index in [1.807, 2.05) is 36.4 Å². The van der Waals surface area contributed by atoms with Gasteiger partial charge in [-0.05, 0) is 22.6 Å². The molecular weight excluding hydrogens is 276 g/mol. The van der Waals surface area contributed by atoms with Crippen LogP contribution in [0.4, 0.5) is 0 Å². The van der Waals surface area contributed by atoms with Crippen molar-refractivity contribution in [2.45, 2.75) is 39.3 Å². The van der Waals surface area contributed by atoms with Gasteiger partial charge < -0.3 is 9.88 Å². The Morgan fingerprint density at radius 1 is 1.14 bits per heavy atom. The van der Waals surface area contributed by atoms with Crippen LogP contribution in [0.3, 0.4) is 0 Å². The van der Waals surface area contributed by atoms with Crippen molar-refractivity contribution >= 4 is 5.91 Å². The molecule has 0 aliphatic heterocycles. The highest BCUT2D eigenvalue weighted by molar-refractivity contribution is 5.75. The summed E-state index contributed by atoms with van der Waals surface area (Å²) in [5.41, 5.74) is 1.78. The molecule has 0 saturated carbocycles. The first-order valence-corrected chi connectivity index (χ1v) is 7.38. The molecule has 1 aromatic heterocycles. The van der Waals surface area contributed by atoms with Gasteiger partial charge in [0, 0.05) is 18.8 Å². The van der Waals surface area contributed by atoms with Crippen LogP contribution in [-0.4, -0.2) is 10.5 Å². The third-order valence-electron chi connectivity index (χ3n) is 3.51. The van der Waals surface area contributed by atoms with Gasteiger partial charge in [-0.2, -0.15) is 0 Å². The minimum absolute atomic E-state index is 0.0378. The first-order valence-electron chi connectivity index (χ1n) is 7.38. The first kappa shape index (κ1) is 16.0. The Balaban J connectivity index is 1.99. The van der Waals surface area contributed by atoms with Gasteiger partial charge in [-0.1, -0.05) is 51.1 Å². The second-order valence-electron chi connectivity index (χ2n) is 6.39. The molecule has 1 heterocycles. The molecule has 0 radical (unpaired) electrons. The summed E-state index contributed by atoms with van der Waals surface area (Å²) < 4.78 is 1.43. The van der Waals surface area contributed by atoms with Crippen LogP contribution < -0.4 is 10.9 Å². The molecule has 1 N–H and O–H groups in total. The van der Waals surface area contributed by atoms with Gasteiger partial charge in [-0.25, -0.2) is 0 Å². The lowest BCUT2D eigenvalue weighted by molar-refractivity contribution is -0.121. The molecule has 116 valence electrons. The number of hydrogen-bond donors (Lipinski definition) is 1. The van der Waals surface area contributed by atoms with E-state index < -0.39 is 0 Å². The fourth-order valence-corrected chi connectivity index (χ4v) is 2.11. The van der Waals surface area contributed by atoms with Gasteiger partial charge >= 0.3 is 0 Å². The number of hydrogen-bond acceptors (Lipinski definition) is 2. The number of carbonyl (C=O) groups excluding carboxylic acids is 1. The summed E-state index contributed by atoms with van der Waals surface area (Å²) in [6.07, 6.45) is 1.69. The zero-order valence-electron chi connectivity index (χ0n) is 13.3. The Kier molecular flexibility index (Phi) is 4.81. The molecule has 0 spiro atoms.